The van der Waals surface area contributed by atoms with E-state index in [0.29, 0.717) is 19.0 Å². The molecule has 30 heavy (non-hydrogen) atoms. The van der Waals surface area contributed by atoms with E-state index >= 15 is 0 Å². The first-order valence-corrected chi connectivity index (χ1v) is 10.3. The van der Waals surface area contributed by atoms with Crippen LogP contribution in [0.2, 0.25) is 0 Å². The zero-order valence-electron chi connectivity index (χ0n) is 18.0. The molecule has 1 heterocycles. The lowest BCUT2D eigenvalue weighted by atomic mass is 9.84. The van der Waals surface area contributed by atoms with Gasteiger partial charge < -0.3 is 20.1 Å². The van der Waals surface area contributed by atoms with Crippen molar-refractivity contribution in [3.8, 4) is 11.3 Å². The van der Waals surface area contributed by atoms with E-state index in [1.807, 2.05) is 57.4 Å². The number of rotatable bonds is 7. The second kappa shape index (κ2) is 11.3. The largest absolute Gasteiger partial charge is 0.357 e. The van der Waals surface area contributed by atoms with Crippen molar-refractivity contribution in [1.29, 1.82) is 0 Å². The predicted octanol–water partition coefficient (Wildman–Crippen LogP) is 3.66. The summed E-state index contributed by atoms with van der Waals surface area (Å²) in [6, 6.07) is 11.8. The van der Waals surface area contributed by atoms with Crippen molar-refractivity contribution in [3.63, 3.8) is 0 Å². The Morgan fingerprint density at radius 3 is 2.53 bits per heavy atom. The second-order valence-corrected chi connectivity index (χ2v) is 7.78. The minimum Gasteiger partial charge on any atom is -0.357 e. The van der Waals surface area contributed by atoms with E-state index in [9.17, 15) is 4.79 Å². The number of nitrogens with one attached hydrogen (secondary N) is 2. The molecule has 1 amide bonds. The van der Waals surface area contributed by atoms with Gasteiger partial charge in [-0.3, -0.25) is 4.79 Å². The van der Waals surface area contributed by atoms with Gasteiger partial charge in [-0.1, -0.05) is 48.3 Å². The van der Waals surface area contributed by atoms with Gasteiger partial charge in [-0.2, -0.15) is 0 Å². The lowest BCUT2D eigenvalue weighted by molar-refractivity contribution is -0.138. The van der Waals surface area contributed by atoms with Gasteiger partial charge in [0.2, 0.25) is 5.91 Å². The fraction of sp³-hybridized carbons (Fsp3) is 0.500. The Bertz CT molecular complexity index is 829. The first-order chi connectivity index (χ1) is 14.0. The lowest BCUT2D eigenvalue weighted by Crippen LogP contribution is -2.49. The average Bonchev–Trinajstić information content (AvgIpc) is 3.40. The van der Waals surface area contributed by atoms with Gasteiger partial charge in [0.15, 0.2) is 11.7 Å². The molecule has 2 N–H and O–H groups in total. The van der Waals surface area contributed by atoms with Crippen LogP contribution in [0.15, 0.2) is 45.9 Å². The number of amides is 1. The molecule has 0 aliphatic heterocycles. The van der Waals surface area contributed by atoms with Gasteiger partial charge in [0.25, 0.3) is 0 Å². The minimum atomic E-state index is -0.339. The second-order valence-electron chi connectivity index (χ2n) is 7.78. The summed E-state index contributed by atoms with van der Waals surface area (Å²) in [5.41, 5.74) is 1.42. The number of benzene rings is 1. The van der Waals surface area contributed by atoms with Crippen molar-refractivity contribution in [1.82, 2.24) is 20.7 Å². The van der Waals surface area contributed by atoms with Crippen molar-refractivity contribution in [3.05, 3.63) is 42.1 Å². The fourth-order valence-corrected chi connectivity index (χ4v) is 3.87. The molecular formula is C22H32IN5O2. The van der Waals surface area contributed by atoms with Gasteiger partial charge in [0.05, 0.1) is 12.0 Å². The van der Waals surface area contributed by atoms with E-state index in [1.54, 1.807) is 4.90 Å². The Hall–Kier alpha value is -2.10. The van der Waals surface area contributed by atoms with Crippen LogP contribution in [0.4, 0.5) is 0 Å². The Kier molecular flexibility index (Phi) is 9.13. The summed E-state index contributed by atoms with van der Waals surface area (Å²) < 4.78 is 5.45. The average molecular weight is 525 g/mol. The molecule has 3 rings (SSSR count). The Balaban J connectivity index is 0.00000320. The molecule has 0 unspecified atom stereocenters. The smallest absolute Gasteiger partial charge is 0.230 e. The van der Waals surface area contributed by atoms with E-state index in [4.69, 9.17) is 4.52 Å². The third-order valence-corrected chi connectivity index (χ3v) is 5.38. The van der Waals surface area contributed by atoms with Crippen molar-refractivity contribution < 1.29 is 9.32 Å². The predicted molar refractivity (Wildman–Crippen MR) is 130 cm³/mol. The standard InChI is InChI=1S/C22H31N5O2.HI/c1-4-23-21(25-16-22(12-8-9-13-22)20(28)27(2)3)24-15-18-14-19(29-26-18)17-10-6-5-7-11-17;/h5-7,10-11,14H,4,8-9,12-13,15-16H2,1-3H3,(H2,23,24,25);1H. The molecule has 0 saturated heterocycles. The zero-order chi connectivity index (χ0) is 20.7. The number of guanidine groups is 1. The number of carbonyl (C=O) groups is 1. The van der Waals surface area contributed by atoms with Gasteiger partial charge in [-0.05, 0) is 19.8 Å². The number of aromatic nitrogens is 1. The van der Waals surface area contributed by atoms with Gasteiger partial charge in [0, 0.05) is 38.8 Å². The fourth-order valence-electron chi connectivity index (χ4n) is 3.87. The summed E-state index contributed by atoms with van der Waals surface area (Å²) in [4.78, 5) is 19.1. The minimum absolute atomic E-state index is 0. The summed E-state index contributed by atoms with van der Waals surface area (Å²) in [5.74, 6) is 1.62. The molecule has 1 fully saturated rings. The topological polar surface area (TPSA) is 82.8 Å². The molecule has 0 spiro atoms. The highest BCUT2D eigenvalue weighted by atomic mass is 127. The molecule has 1 saturated carbocycles. The summed E-state index contributed by atoms with van der Waals surface area (Å²) >= 11 is 0. The SMILES string of the molecule is CCNC(=NCc1cc(-c2ccccc2)on1)NCC1(C(=O)N(C)C)CCCC1.I. The first kappa shape index (κ1) is 24.2. The van der Waals surface area contributed by atoms with Crippen LogP contribution in [0.5, 0.6) is 0 Å². The molecule has 1 aliphatic rings. The molecule has 0 atom stereocenters. The van der Waals surface area contributed by atoms with E-state index < -0.39 is 0 Å². The lowest BCUT2D eigenvalue weighted by Gasteiger charge is -2.31. The van der Waals surface area contributed by atoms with Crippen molar-refractivity contribution >= 4 is 35.8 Å². The van der Waals surface area contributed by atoms with Gasteiger partial charge in [-0.15, -0.1) is 24.0 Å². The highest BCUT2D eigenvalue weighted by Gasteiger charge is 2.42. The van der Waals surface area contributed by atoms with Crippen molar-refractivity contribution in [2.75, 3.05) is 27.2 Å². The third kappa shape index (κ3) is 5.96. The van der Waals surface area contributed by atoms with Crippen LogP contribution >= 0.6 is 24.0 Å². The monoisotopic (exact) mass is 525 g/mol. The normalized spacial score (nSPS) is 15.4. The molecule has 1 aromatic heterocycles. The van der Waals surface area contributed by atoms with Crippen LogP contribution in [-0.2, 0) is 11.3 Å². The number of halogens is 1. The van der Waals surface area contributed by atoms with Crippen LogP contribution in [0.3, 0.4) is 0 Å². The summed E-state index contributed by atoms with van der Waals surface area (Å²) in [6.07, 6.45) is 4.02. The van der Waals surface area contributed by atoms with Crippen LogP contribution < -0.4 is 10.6 Å². The van der Waals surface area contributed by atoms with E-state index in [2.05, 4.69) is 20.8 Å². The van der Waals surface area contributed by atoms with Gasteiger partial charge in [0.1, 0.15) is 5.69 Å². The van der Waals surface area contributed by atoms with E-state index in [-0.39, 0.29) is 35.3 Å². The highest BCUT2D eigenvalue weighted by Crippen LogP contribution is 2.38. The molecule has 2 aromatic rings. The molecule has 8 heteroatoms. The van der Waals surface area contributed by atoms with E-state index in [1.165, 1.54) is 0 Å². The van der Waals surface area contributed by atoms with Crippen LogP contribution in [0.25, 0.3) is 11.3 Å². The maximum atomic E-state index is 12.8. The maximum Gasteiger partial charge on any atom is 0.230 e. The summed E-state index contributed by atoms with van der Waals surface area (Å²) in [5, 5.41) is 10.8. The molecule has 1 aliphatic carbocycles. The van der Waals surface area contributed by atoms with Crippen molar-refractivity contribution in [2.24, 2.45) is 10.4 Å². The number of hydrogen-bond acceptors (Lipinski definition) is 4. The molecular weight excluding hydrogens is 493 g/mol. The Morgan fingerprint density at radius 2 is 1.90 bits per heavy atom. The molecule has 0 bridgehead atoms. The van der Waals surface area contributed by atoms with Gasteiger partial charge in [-0.25, -0.2) is 4.99 Å². The number of carbonyl (C=O) groups excluding carboxylic acids is 1. The number of aliphatic imine (C=N–C) groups is 1. The van der Waals surface area contributed by atoms with Crippen LogP contribution in [0.1, 0.15) is 38.3 Å². The zero-order valence-corrected chi connectivity index (χ0v) is 20.3. The summed E-state index contributed by atoms with van der Waals surface area (Å²) in [7, 11) is 3.66. The van der Waals surface area contributed by atoms with Crippen LogP contribution in [0, 0.1) is 5.41 Å². The molecule has 0 radical (unpaired) electrons. The summed E-state index contributed by atoms with van der Waals surface area (Å²) in [6.45, 7) is 3.76. The molecule has 7 nitrogen and oxygen atoms in total. The Labute approximate surface area is 195 Å². The highest BCUT2D eigenvalue weighted by molar-refractivity contribution is 14.0. The quantitative estimate of drug-likeness (QED) is 0.328. The Morgan fingerprint density at radius 1 is 1.20 bits per heavy atom. The first-order valence-electron chi connectivity index (χ1n) is 10.3. The number of hydrogen-bond donors (Lipinski definition) is 2. The molecule has 164 valence electrons. The molecule has 1 aromatic carbocycles. The van der Waals surface area contributed by atoms with E-state index in [0.717, 1.165) is 49.2 Å². The van der Waals surface area contributed by atoms with Gasteiger partial charge >= 0.3 is 0 Å². The number of nitrogens with zero attached hydrogens (tertiary/aromatic N) is 3. The van der Waals surface area contributed by atoms with Crippen molar-refractivity contribution in [2.45, 2.75) is 39.2 Å². The van der Waals surface area contributed by atoms with Crippen LogP contribution in [-0.4, -0.2) is 49.1 Å². The maximum absolute atomic E-state index is 12.8. The third-order valence-electron chi connectivity index (χ3n) is 5.38.